The van der Waals surface area contributed by atoms with Crippen LogP contribution in [-0.2, 0) is 0 Å². The molecule has 1 aromatic heterocycles. The van der Waals surface area contributed by atoms with Crippen LogP contribution in [0, 0.1) is 6.92 Å². The van der Waals surface area contributed by atoms with Crippen LogP contribution >= 0.6 is 0 Å². The number of methoxy groups -OCH3 is 3. The number of carbonyl (C=O) groups excluding carboxylic acids is 1. The number of hydrogen-bond donors (Lipinski definition) is 1. The van der Waals surface area contributed by atoms with E-state index >= 15 is 0 Å². The molecule has 7 nitrogen and oxygen atoms in total. The van der Waals surface area contributed by atoms with E-state index in [1.165, 1.54) is 33.8 Å². The van der Waals surface area contributed by atoms with Gasteiger partial charge in [0.05, 0.1) is 39.4 Å². The van der Waals surface area contributed by atoms with Crippen LogP contribution in [0.4, 0.5) is 0 Å². The molecule has 0 atom stereocenters. The first-order valence-electron chi connectivity index (χ1n) is 6.78. The minimum Gasteiger partial charge on any atom is -0.493 e. The normalized spacial score (nSPS) is 10.6. The number of ether oxygens (including phenoxy) is 3. The van der Waals surface area contributed by atoms with Crippen molar-refractivity contribution >= 4 is 12.1 Å². The van der Waals surface area contributed by atoms with Crippen molar-refractivity contribution in [3.63, 3.8) is 0 Å². The van der Waals surface area contributed by atoms with Crippen LogP contribution in [0.2, 0.25) is 0 Å². The van der Waals surface area contributed by atoms with Crippen molar-refractivity contribution in [2.24, 2.45) is 5.10 Å². The number of nitrogens with one attached hydrogen (secondary N) is 1. The summed E-state index contributed by atoms with van der Waals surface area (Å²) in [6, 6.07) is 5.03. The van der Waals surface area contributed by atoms with Crippen molar-refractivity contribution in [2.45, 2.75) is 6.92 Å². The molecule has 0 saturated heterocycles. The summed E-state index contributed by atoms with van der Waals surface area (Å²) in [6.45, 7) is 1.71. The van der Waals surface area contributed by atoms with Crippen molar-refractivity contribution in [3.8, 4) is 17.2 Å². The second kappa shape index (κ2) is 7.35. The van der Waals surface area contributed by atoms with Gasteiger partial charge >= 0.3 is 0 Å². The molecule has 0 spiro atoms. The van der Waals surface area contributed by atoms with E-state index in [0.29, 0.717) is 34.1 Å². The first-order chi connectivity index (χ1) is 11.1. The van der Waals surface area contributed by atoms with E-state index in [9.17, 15) is 4.79 Å². The van der Waals surface area contributed by atoms with Crippen molar-refractivity contribution in [1.29, 1.82) is 0 Å². The summed E-state index contributed by atoms with van der Waals surface area (Å²) in [6.07, 6.45) is 2.94. The van der Waals surface area contributed by atoms with Crippen LogP contribution in [0.5, 0.6) is 17.2 Å². The quantitative estimate of drug-likeness (QED) is 0.653. The zero-order chi connectivity index (χ0) is 16.8. The van der Waals surface area contributed by atoms with E-state index in [2.05, 4.69) is 10.5 Å². The van der Waals surface area contributed by atoms with Crippen LogP contribution in [0.1, 0.15) is 21.7 Å². The maximum atomic E-state index is 11.9. The number of hydrogen-bond acceptors (Lipinski definition) is 6. The molecule has 7 heteroatoms. The smallest absolute Gasteiger partial charge is 0.274 e. The molecule has 0 bridgehead atoms. The van der Waals surface area contributed by atoms with Gasteiger partial charge in [0.1, 0.15) is 5.76 Å². The average Bonchev–Trinajstić information content (AvgIpc) is 2.99. The number of aryl methyl sites for hydroxylation is 1. The Bertz CT molecular complexity index is 696. The lowest BCUT2D eigenvalue weighted by Crippen LogP contribution is -2.17. The van der Waals surface area contributed by atoms with Gasteiger partial charge in [-0.25, -0.2) is 5.43 Å². The van der Waals surface area contributed by atoms with Gasteiger partial charge in [0.15, 0.2) is 11.5 Å². The largest absolute Gasteiger partial charge is 0.493 e. The van der Waals surface area contributed by atoms with E-state index in [1.807, 2.05) is 0 Å². The van der Waals surface area contributed by atoms with Gasteiger partial charge in [0.2, 0.25) is 5.75 Å². The van der Waals surface area contributed by atoms with E-state index in [0.717, 1.165) is 0 Å². The Labute approximate surface area is 133 Å². The fourth-order valence-corrected chi connectivity index (χ4v) is 2.02. The molecular weight excluding hydrogens is 300 g/mol. The molecule has 0 unspecified atom stereocenters. The summed E-state index contributed by atoms with van der Waals surface area (Å²) in [5.74, 6) is 1.69. The highest BCUT2D eigenvalue weighted by Crippen LogP contribution is 2.37. The average molecular weight is 318 g/mol. The molecule has 2 rings (SSSR count). The van der Waals surface area contributed by atoms with E-state index in [-0.39, 0.29) is 5.91 Å². The number of nitrogens with zero attached hydrogens (tertiary/aromatic N) is 1. The third-order valence-electron chi connectivity index (χ3n) is 3.17. The zero-order valence-electron chi connectivity index (χ0n) is 13.4. The maximum absolute atomic E-state index is 11.9. The number of rotatable bonds is 6. The predicted molar refractivity (Wildman–Crippen MR) is 84.6 cm³/mol. The van der Waals surface area contributed by atoms with Crippen LogP contribution in [-0.4, -0.2) is 33.5 Å². The lowest BCUT2D eigenvalue weighted by Gasteiger charge is -2.12. The molecular formula is C16H18N2O5. The van der Waals surface area contributed by atoms with Gasteiger partial charge in [-0.1, -0.05) is 0 Å². The Morgan fingerprint density at radius 2 is 1.83 bits per heavy atom. The summed E-state index contributed by atoms with van der Waals surface area (Å²) >= 11 is 0. The standard InChI is InChI=1S/C16H18N2O5/c1-10-12(5-6-23-10)16(19)18-17-9-11-7-13(20-2)15(22-4)14(8-11)21-3/h5-9H,1-4H3,(H,18,19)/b17-9-. The Hall–Kier alpha value is -2.96. The van der Waals surface area contributed by atoms with Crippen molar-refractivity contribution < 1.29 is 23.4 Å². The summed E-state index contributed by atoms with van der Waals surface area (Å²) in [5, 5.41) is 3.93. The first-order valence-corrected chi connectivity index (χ1v) is 6.78. The lowest BCUT2D eigenvalue weighted by molar-refractivity contribution is 0.0953. The van der Waals surface area contributed by atoms with Gasteiger partial charge in [-0.2, -0.15) is 5.10 Å². The van der Waals surface area contributed by atoms with Gasteiger partial charge in [-0.15, -0.1) is 0 Å². The van der Waals surface area contributed by atoms with Crippen molar-refractivity contribution in [1.82, 2.24) is 5.43 Å². The second-order valence-electron chi connectivity index (χ2n) is 4.55. The number of furan rings is 1. The number of benzene rings is 1. The topological polar surface area (TPSA) is 82.3 Å². The highest BCUT2D eigenvalue weighted by atomic mass is 16.5. The summed E-state index contributed by atoms with van der Waals surface area (Å²) in [4.78, 5) is 11.9. The molecule has 0 fully saturated rings. The van der Waals surface area contributed by atoms with Crippen LogP contribution in [0.25, 0.3) is 0 Å². The van der Waals surface area contributed by atoms with Gasteiger partial charge < -0.3 is 18.6 Å². The third-order valence-corrected chi connectivity index (χ3v) is 3.17. The van der Waals surface area contributed by atoms with Crippen molar-refractivity contribution in [3.05, 3.63) is 41.3 Å². The summed E-state index contributed by atoms with van der Waals surface area (Å²) in [5.41, 5.74) is 3.56. The summed E-state index contributed by atoms with van der Waals surface area (Å²) < 4.78 is 20.8. The van der Waals surface area contributed by atoms with E-state index in [1.54, 1.807) is 25.1 Å². The van der Waals surface area contributed by atoms with Gasteiger partial charge in [0.25, 0.3) is 5.91 Å². The molecule has 0 aliphatic carbocycles. The fraction of sp³-hybridized carbons (Fsp3) is 0.250. The molecule has 0 saturated carbocycles. The van der Waals surface area contributed by atoms with E-state index < -0.39 is 0 Å². The van der Waals surface area contributed by atoms with Gasteiger partial charge in [0, 0.05) is 5.56 Å². The predicted octanol–water partition coefficient (Wildman–Crippen LogP) is 2.38. The number of hydrazone groups is 1. The number of carbonyl (C=O) groups is 1. The third kappa shape index (κ3) is 3.63. The zero-order valence-corrected chi connectivity index (χ0v) is 13.4. The molecule has 0 aliphatic heterocycles. The van der Waals surface area contributed by atoms with Gasteiger partial charge in [-0.3, -0.25) is 4.79 Å². The Morgan fingerprint density at radius 1 is 1.17 bits per heavy atom. The lowest BCUT2D eigenvalue weighted by atomic mass is 10.2. The molecule has 0 aliphatic rings. The molecule has 1 amide bonds. The fourth-order valence-electron chi connectivity index (χ4n) is 2.02. The molecule has 1 N–H and O–H groups in total. The first kappa shape index (κ1) is 16.4. The van der Waals surface area contributed by atoms with Crippen LogP contribution < -0.4 is 19.6 Å². The van der Waals surface area contributed by atoms with Crippen LogP contribution in [0.3, 0.4) is 0 Å². The molecule has 2 aromatic rings. The Morgan fingerprint density at radius 3 is 2.30 bits per heavy atom. The monoisotopic (exact) mass is 318 g/mol. The maximum Gasteiger partial charge on any atom is 0.274 e. The van der Waals surface area contributed by atoms with Crippen molar-refractivity contribution in [2.75, 3.05) is 21.3 Å². The highest BCUT2D eigenvalue weighted by molar-refractivity contribution is 5.95. The molecule has 1 heterocycles. The SMILES string of the molecule is COc1cc(/C=N\NC(=O)c2ccoc2C)cc(OC)c1OC. The molecule has 122 valence electrons. The van der Waals surface area contributed by atoms with Crippen LogP contribution in [0.15, 0.2) is 34.0 Å². The Kier molecular flexibility index (Phi) is 5.24. The second-order valence-corrected chi connectivity index (χ2v) is 4.55. The minimum atomic E-state index is -0.347. The number of amides is 1. The molecule has 0 radical (unpaired) electrons. The van der Waals surface area contributed by atoms with E-state index in [4.69, 9.17) is 18.6 Å². The molecule has 1 aromatic carbocycles. The minimum absolute atomic E-state index is 0.347. The van der Waals surface area contributed by atoms with Gasteiger partial charge in [-0.05, 0) is 25.1 Å². The molecule has 23 heavy (non-hydrogen) atoms. The highest BCUT2D eigenvalue weighted by Gasteiger charge is 2.13. The summed E-state index contributed by atoms with van der Waals surface area (Å²) in [7, 11) is 4.59. The Balaban J connectivity index is 2.16.